The Morgan fingerprint density at radius 1 is 1.44 bits per heavy atom. The summed E-state index contributed by atoms with van der Waals surface area (Å²) < 4.78 is 10.6. The maximum atomic E-state index is 5.74. The SMILES string of the molecule is COCC(CCCl)Nc1nccc(OC(C)C)n1. The van der Waals surface area contributed by atoms with Gasteiger partial charge in [-0.25, -0.2) is 4.98 Å². The van der Waals surface area contributed by atoms with E-state index >= 15 is 0 Å². The Morgan fingerprint density at radius 3 is 2.83 bits per heavy atom. The Hall–Kier alpha value is -1.07. The molecule has 5 nitrogen and oxygen atoms in total. The van der Waals surface area contributed by atoms with E-state index in [9.17, 15) is 0 Å². The zero-order valence-corrected chi connectivity index (χ0v) is 11.8. The summed E-state index contributed by atoms with van der Waals surface area (Å²) in [6.45, 7) is 4.47. The molecule has 1 atom stereocenters. The van der Waals surface area contributed by atoms with Crippen LogP contribution < -0.4 is 10.1 Å². The van der Waals surface area contributed by atoms with Crippen molar-refractivity contribution in [2.75, 3.05) is 24.9 Å². The lowest BCUT2D eigenvalue weighted by atomic mass is 10.2. The van der Waals surface area contributed by atoms with Gasteiger partial charge in [-0.15, -0.1) is 11.6 Å². The molecular formula is C12H20ClN3O2. The molecule has 1 aromatic heterocycles. The van der Waals surface area contributed by atoms with Gasteiger partial charge in [0.1, 0.15) is 0 Å². The summed E-state index contributed by atoms with van der Waals surface area (Å²) in [7, 11) is 1.65. The first kappa shape index (κ1) is 15.0. The fourth-order valence-electron chi connectivity index (χ4n) is 1.43. The Labute approximate surface area is 113 Å². The molecule has 0 bridgehead atoms. The molecule has 1 rings (SSSR count). The maximum absolute atomic E-state index is 5.74. The van der Waals surface area contributed by atoms with Crippen LogP contribution in [0.15, 0.2) is 12.3 Å². The number of anilines is 1. The Bertz CT molecular complexity index is 344. The first-order valence-electron chi connectivity index (χ1n) is 5.96. The summed E-state index contributed by atoms with van der Waals surface area (Å²) in [6.07, 6.45) is 2.54. The number of nitrogens with one attached hydrogen (secondary N) is 1. The zero-order chi connectivity index (χ0) is 13.4. The van der Waals surface area contributed by atoms with E-state index in [1.165, 1.54) is 0 Å². The maximum Gasteiger partial charge on any atom is 0.226 e. The lowest BCUT2D eigenvalue weighted by molar-refractivity contribution is 0.184. The molecular weight excluding hydrogens is 254 g/mol. The number of methoxy groups -OCH3 is 1. The number of alkyl halides is 1. The highest BCUT2D eigenvalue weighted by atomic mass is 35.5. The number of rotatable bonds is 8. The predicted octanol–water partition coefficient (Wildman–Crippen LogP) is 2.32. The van der Waals surface area contributed by atoms with E-state index in [0.717, 1.165) is 6.42 Å². The van der Waals surface area contributed by atoms with Gasteiger partial charge in [0.2, 0.25) is 11.8 Å². The van der Waals surface area contributed by atoms with Crippen molar-refractivity contribution in [3.05, 3.63) is 12.3 Å². The van der Waals surface area contributed by atoms with Gasteiger partial charge in [-0.3, -0.25) is 0 Å². The van der Waals surface area contributed by atoms with E-state index in [1.54, 1.807) is 19.4 Å². The predicted molar refractivity (Wildman–Crippen MR) is 72.4 cm³/mol. The Balaban J connectivity index is 2.64. The number of hydrogen-bond donors (Lipinski definition) is 1. The van der Waals surface area contributed by atoms with Crippen LogP contribution in [0.2, 0.25) is 0 Å². The van der Waals surface area contributed by atoms with Crippen LogP contribution in [0.5, 0.6) is 5.88 Å². The van der Waals surface area contributed by atoms with Gasteiger partial charge in [-0.1, -0.05) is 0 Å². The molecule has 0 amide bonds. The zero-order valence-electron chi connectivity index (χ0n) is 11.0. The molecule has 1 N–H and O–H groups in total. The van der Waals surface area contributed by atoms with Crippen molar-refractivity contribution in [3.63, 3.8) is 0 Å². The summed E-state index contributed by atoms with van der Waals surface area (Å²) >= 11 is 5.74. The molecule has 18 heavy (non-hydrogen) atoms. The molecule has 0 saturated carbocycles. The van der Waals surface area contributed by atoms with E-state index < -0.39 is 0 Å². The van der Waals surface area contributed by atoms with E-state index in [2.05, 4.69) is 15.3 Å². The second kappa shape index (κ2) is 8.11. The van der Waals surface area contributed by atoms with Crippen LogP contribution in [0.3, 0.4) is 0 Å². The van der Waals surface area contributed by atoms with Crippen LogP contribution >= 0.6 is 11.6 Å². The molecule has 0 fully saturated rings. The standard InChI is InChI=1S/C12H20ClN3O2/c1-9(2)18-11-5-7-14-12(16-11)15-10(4-6-13)8-17-3/h5,7,9-10H,4,6,8H2,1-3H3,(H,14,15,16). The molecule has 0 radical (unpaired) electrons. The van der Waals surface area contributed by atoms with Gasteiger partial charge in [0.25, 0.3) is 0 Å². The lowest BCUT2D eigenvalue weighted by Crippen LogP contribution is -2.26. The van der Waals surface area contributed by atoms with Crippen molar-refractivity contribution in [3.8, 4) is 5.88 Å². The van der Waals surface area contributed by atoms with Crippen LogP contribution in [0.4, 0.5) is 5.95 Å². The highest BCUT2D eigenvalue weighted by molar-refractivity contribution is 6.17. The van der Waals surface area contributed by atoms with Crippen molar-refractivity contribution < 1.29 is 9.47 Å². The number of halogens is 1. The third-order valence-corrected chi connectivity index (χ3v) is 2.36. The first-order chi connectivity index (χ1) is 8.65. The molecule has 0 aromatic carbocycles. The average Bonchev–Trinajstić information content (AvgIpc) is 2.29. The smallest absolute Gasteiger partial charge is 0.226 e. The van der Waals surface area contributed by atoms with Crippen molar-refractivity contribution in [1.82, 2.24) is 9.97 Å². The van der Waals surface area contributed by atoms with E-state index in [1.807, 2.05) is 13.8 Å². The highest BCUT2D eigenvalue weighted by Gasteiger charge is 2.10. The first-order valence-corrected chi connectivity index (χ1v) is 6.50. The fourth-order valence-corrected chi connectivity index (χ4v) is 1.69. The van der Waals surface area contributed by atoms with Gasteiger partial charge in [-0.05, 0) is 20.3 Å². The fraction of sp³-hybridized carbons (Fsp3) is 0.667. The Morgan fingerprint density at radius 2 is 2.22 bits per heavy atom. The molecule has 0 aliphatic carbocycles. The van der Waals surface area contributed by atoms with Crippen molar-refractivity contribution in [2.24, 2.45) is 0 Å². The monoisotopic (exact) mass is 273 g/mol. The average molecular weight is 274 g/mol. The van der Waals surface area contributed by atoms with Gasteiger partial charge >= 0.3 is 0 Å². The van der Waals surface area contributed by atoms with E-state index in [-0.39, 0.29) is 12.1 Å². The summed E-state index contributed by atoms with van der Waals surface area (Å²) in [5.74, 6) is 1.65. The molecule has 6 heteroatoms. The molecule has 0 spiro atoms. The third-order valence-electron chi connectivity index (χ3n) is 2.15. The van der Waals surface area contributed by atoms with E-state index in [0.29, 0.717) is 24.3 Å². The van der Waals surface area contributed by atoms with Crippen LogP contribution in [-0.4, -0.2) is 41.7 Å². The topological polar surface area (TPSA) is 56.3 Å². The van der Waals surface area contributed by atoms with Gasteiger partial charge in [-0.2, -0.15) is 4.98 Å². The molecule has 102 valence electrons. The number of ether oxygens (including phenoxy) is 2. The largest absolute Gasteiger partial charge is 0.475 e. The Kier molecular flexibility index (Phi) is 6.75. The molecule has 1 unspecified atom stereocenters. The second-order valence-electron chi connectivity index (χ2n) is 4.16. The highest BCUT2D eigenvalue weighted by Crippen LogP contribution is 2.12. The van der Waals surface area contributed by atoms with Gasteiger partial charge in [0, 0.05) is 25.3 Å². The summed E-state index contributed by atoms with van der Waals surface area (Å²) in [5, 5.41) is 3.18. The number of hydrogen-bond acceptors (Lipinski definition) is 5. The number of aromatic nitrogens is 2. The minimum absolute atomic E-state index is 0.0883. The second-order valence-corrected chi connectivity index (χ2v) is 4.54. The van der Waals surface area contributed by atoms with Crippen molar-refractivity contribution in [1.29, 1.82) is 0 Å². The summed E-state index contributed by atoms with van der Waals surface area (Å²) in [6, 6.07) is 1.83. The summed E-state index contributed by atoms with van der Waals surface area (Å²) in [5.41, 5.74) is 0. The molecule has 0 aliphatic heterocycles. The minimum Gasteiger partial charge on any atom is -0.475 e. The van der Waals surface area contributed by atoms with Crippen LogP contribution in [0, 0.1) is 0 Å². The van der Waals surface area contributed by atoms with Crippen molar-refractivity contribution in [2.45, 2.75) is 32.4 Å². The van der Waals surface area contributed by atoms with Crippen LogP contribution in [0.1, 0.15) is 20.3 Å². The van der Waals surface area contributed by atoms with Gasteiger partial charge < -0.3 is 14.8 Å². The van der Waals surface area contributed by atoms with Gasteiger partial charge in [0.15, 0.2) is 0 Å². The van der Waals surface area contributed by atoms with E-state index in [4.69, 9.17) is 21.1 Å². The van der Waals surface area contributed by atoms with Crippen LogP contribution in [-0.2, 0) is 4.74 Å². The normalized spacial score (nSPS) is 12.5. The minimum atomic E-state index is 0.0883. The molecule has 1 aromatic rings. The quantitative estimate of drug-likeness (QED) is 0.737. The third kappa shape index (κ3) is 5.51. The molecule has 0 aliphatic rings. The van der Waals surface area contributed by atoms with Crippen molar-refractivity contribution >= 4 is 17.5 Å². The molecule has 1 heterocycles. The number of nitrogens with zero attached hydrogens (tertiary/aromatic N) is 2. The van der Waals surface area contributed by atoms with Crippen LogP contribution in [0.25, 0.3) is 0 Å². The van der Waals surface area contributed by atoms with Gasteiger partial charge in [0.05, 0.1) is 18.8 Å². The summed E-state index contributed by atoms with van der Waals surface area (Å²) in [4.78, 5) is 8.42. The molecule has 0 saturated heterocycles. The lowest BCUT2D eigenvalue weighted by Gasteiger charge is -2.17.